The van der Waals surface area contributed by atoms with E-state index < -0.39 is 38.9 Å². The molecule has 0 aliphatic carbocycles. The van der Waals surface area contributed by atoms with Crippen LogP contribution in [0.2, 0.25) is 0 Å². The molecule has 238 valence electrons. The van der Waals surface area contributed by atoms with E-state index in [-0.39, 0.29) is 36.1 Å². The van der Waals surface area contributed by atoms with Gasteiger partial charge in [-0.25, -0.2) is 31.4 Å². The maximum Gasteiger partial charge on any atom is 0.276 e. The van der Waals surface area contributed by atoms with E-state index in [9.17, 15) is 31.2 Å². The van der Waals surface area contributed by atoms with Gasteiger partial charge in [-0.1, -0.05) is 18.2 Å². The average Bonchev–Trinajstić information content (AvgIpc) is 3.22. The summed E-state index contributed by atoms with van der Waals surface area (Å²) in [6, 6.07) is 15.2. The van der Waals surface area contributed by atoms with Crippen molar-refractivity contribution >= 4 is 15.9 Å². The van der Waals surface area contributed by atoms with E-state index in [1.54, 1.807) is 23.9 Å². The molecular formula is C32H34F3N5O4S. The summed E-state index contributed by atoms with van der Waals surface area (Å²) in [4.78, 5) is 30.3. The van der Waals surface area contributed by atoms with E-state index in [2.05, 4.69) is 4.90 Å². The number of nitrogens with two attached hydrogens (primary N) is 1. The van der Waals surface area contributed by atoms with Crippen molar-refractivity contribution in [3.8, 4) is 5.69 Å². The fourth-order valence-corrected chi connectivity index (χ4v) is 6.34. The maximum atomic E-state index is 14.3. The van der Waals surface area contributed by atoms with Crippen molar-refractivity contribution in [2.24, 2.45) is 12.2 Å². The average molecular weight is 642 g/mol. The number of carbonyl (C=O) groups is 1. The number of piperidine rings is 1. The van der Waals surface area contributed by atoms with Crippen LogP contribution in [-0.4, -0.2) is 59.2 Å². The number of carbonyl (C=O) groups excluding carboxylic acids is 1. The molecule has 13 heteroatoms. The first kappa shape index (κ1) is 32.2. The summed E-state index contributed by atoms with van der Waals surface area (Å²) in [5, 5.41) is 5.23. The highest BCUT2D eigenvalue weighted by atomic mass is 32.2. The molecule has 1 fully saturated rings. The Morgan fingerprint density at radius 1 is 0.956 bits per heavy atom. The third-order valence-corrected chi connectivity index (χ3v) is 9.42. The zero-order chi connectivity index (χ0) is 32.5. The molecule has 2 N–H and O–H groups in total. The van der Waals surface area contributed by atoms with E-state index >= 15 is 0 Å². The molecule has 0 atom stereocenters. The smallest absolute Gasteiger partial charge is 0.276 e. The number of likely N-dealkylation sites (tertiary alicyclic amines) is 1. The summed E-state index contributed by atoms with van der Waals surface area (Å²) in [5.74, 6) is -2.93. The van der Waals surface area contributed by atoms with Crippen LogP contribution in [0.5, 0.6) is 0 Å². The Kier molecular flexibility index (Phi) is 9.33. The molecule has 1 aliphatic rings. The lowest BCUT2D eigenvalue weighted by Gasteiger charge is -2.38. The fourth-order valence-electron chi connectivity index (χ4n) is 5.83. The van der Waals surface area contributed by atoms with Crippen LogP contribution in [0.1, 0.15) is 40.0 Å². The van der Waals surface area contributed by atoms with Gasteiger partial charge in [-0.3, -0.25) is 19.2 Å². The van der Waals surface area contributed by atoms with Gasteiger partial charge in [0.25, 0.3) is 11.5 Å². The van der Waals surface area contributed by atoms with E-state index in [0.29, 0.717) is 37.1 Å². The molecule has 0 bridgehead atoms. The second-order valence-corrected chi connectivity index (χ2v) is 12.8. The number of sulfonamides is 1. The molecule has 3 aromatic carbocycles. The monoisotopic (exact) mass is 641 g/mol. The van der Waals surface area contributed by atoms with Crippen LogP contribution in [0.4, 0.5) is 13.2 Å². The van der Waals surface area contributed by atoms with Crippen molar-refractivity contribution in [1.29, 1.82) is 0 Å². The summed E-state index contributed by atoms with van der Waals surface area (Å²) in [6.45, 7) is 3.15. The van der Waals surface area contributed by atoms with Crippen LogP contribution >= 0.6 is 0 Å². The van der Waals surface area contributed by atoms with E-state index in [0.717, 1.165) is 23.4 Å². The zero-order valence-corrected chi connectivity index (χ0v) is 25.7. The van der Waals surface area contributed by atoms with Gasteiger partial charge in [0.2, 0.25) is 10.0 Å². The van der Waals surface area contributed by atoms with Crippen LogP contribution in [0, 0.1) is 24.4 Å². The van der Waals surface area contributed by atoms with Crippen LogP contribution < -0.4 is 10.7 Å². The molecular weight excluding hydrogens is 607 g/mol. The van der Waals surface area contributed by atoms with Gasteiger partial charge in [0, 0.05) is 45.0 Å². The summed E-state index contributed by atoms with van der Waals surface area (Å²) in [7, 11) is -2.08. The Balaban J connectivity index is 1.39. The highest BCUT2D eigenvalue weighted by Crippen LogP contribution is 2.24. The van der Waals surface area contributed by atoms with Gasteiger partial charge in [-0.05, 0) is 80.3 Å². The number of aromatic nitrogens is 2. The third-order valence-electron chi connectivity index (χ3n) is 8.49. The normalized spacial score (nSPS) is 14.3. The van der Waals surface area contributed by atoms with Crippen molar-refractivity contribution in [3.05, 3.63) is 117 Å². The Morgan fingerprint density at radius 3 is 2.13 bits per heavy atom. The molecule has 1 amide bonds. The van der Waals surface area contributed by atoms with Gasteiger partial charge < -0.3 is 4.90 Å². The summed E-state index contributed by atoms with van der Waals surface area (Å²) in [6.07, 6.45) is 1.54. The number of hydrogen-bond acceptors (Lipinski definition) is 5. The number of rotatable bonds is 9. The number of primary sulfonamides is 1. The second-order valence-electron chi connectivity index (χ2n) is 11.2. The summed E-state index contributed by atoms with van der Waals surface area (Å²) in [5.41, 5.74) is 1.85. The quantitative estimate of drug-likeness (QED) is 0.298. The molecule has 4 aromatic rings. The van der Waals surface area contributed by atoms with Gasteiger partial charge >= 0.3 is 0 Å². The Bertz CT molecular complexity index is 1840. The molecule has 0 unspecified atom stereocenters. The molecule has 9 nitrogen and oxygen atoms in total. The molecule has 45 heavy (non-hydrogen) atoms. The van der Waals surface area contributed by atoms with Crippen molar-refractivity contribution < 1.29 is 26.4 Å². The number of amides is 1. The van der Waals surface area contributed by atoms with Gasteiger partial charge in [0.15, 0.2) is 0 Å². The van der Waals surface area contributed by atoms with Gasteiger partial charge in [0.1, 0.15) is 23.0 Å². The van der Waals surface area contributed by atoms with Gasteiger partial charge in [-0.15, -0.1) is 0 Å². The summed E-state index contributed by atoms with van der Waals surface area (Å²) < 4.78 is 68.8. The van der Waals surface area contributed by atoms with E-state index in [4.69, 9.17) is 5.14 Å². The van der Waals surface area contributed by atoms with Crippen molar-refractivity contribution in [2.45, 2.75) is 43.7 Å². The van der Waals surface area contributed by atoms with Crippen LogP contribution in [0.3, 0.4) is 0 Å². The topological polar surface area (TPSA) is 111 Å². The predicted molar refractivity (Wildman–Crippen MR) is 163 cm³/mol. The Hall–Kier alpha value is -4.20. The first-order valence-electron chi connectivity index (χ1n) is 14.5. The number of hydrogen-bond donors (Lipinski definition) is 1. The standard InChI is InChI=1S/C32H34F3N5O4S/c1-21-27(31(41)40(37(21)2)25-10-8-23(33)9-11-25)20-39(17-14-22-6-12-26(13-7-22)45(36,43)44)24-15-18-38(19-16-24)32(42)30-28(34)4-3-5-29(30)35/h3-13,24H,14-20H2,1-2H3,(H2,36,43,44). The lowest BCUT2D eigenvalue weighted by molar-refractivity contribution is 0.0599. The first-order chi connectivity index (χ1) is 21.3. The SMILES string of the molecule is Cc1c(CN(CCc2ccc(S(N)(=O)=O)cc2)C2CCN(C(=O)c3c(F)cccc3F)CC2)c(=O)n(-c2ccc(F)cc2)n1C. The van der Waals surface area contributed by atoms with Crippen LogP contribution in [0.15, 0.2) is 76.4 Å². The Morgan fingerprint density at radius 2 is 1.56 bits per heavy atom. The summed E-state index contributed by atoms with van der Waals surface area (Å²) >= 11 is 0. The number of nitrogens with zero attached hydrogens (tertiary/aromatic N) is 4. The van der Waals surface area contributed by atoms with Crippen LogP contribution in [0.25, 0.3) is 5.69 Å². The third kappa shape index (κ3) is 6.90. The van der Waals surface area contributed by atoms with Crippen LogP contribution in [-0.2, 0) is 30.0 Å². The minimum atomic E-state index is -3.83. The lowest BCUT2D eigenvalue weighted by atomic mass is 10.00. The fraction of sp³-hybridized carbons (Fsp3) is 0.312. The molecule has 1 aliphatic heterocycles. The zero-order valence-electron chi connectivity index (χ0n) is 24.9. The first-order valence-corrected chi connectivity index (χ1v) is 16.0. The van der Waals surface area contributed by atoms with Crippen molar-refractivity contribution in [3.63, 3.8) is 0 Å². The largest absolute Gasteiger partial charge is 0.338 e. The number of halogens is 3. The highest BCUT2D eigenvalue weighted by molar-refractivity contribution is 7.89. The molecule has 0 spiro atoms. The van der Waals surface area contributed by atoms with Gasteiger partial charge in [0.05, 0.1) is 16.1 Å². The molecule has 0 radical (unpaired) electrons. The minimum Gasteiger partial charge on any atom is -0.338 e. The van der Waals surface area contributed by atoms with Crippen molar-refractivity contribution in [1.82, 2.24) is 19.2 Å². The van der Waals surface area contributed by atoms with E-state index in [1.807, 2.05) is 6.92 Å². The molecule has 1 aromatic heterocycles. The predicted octanol–water partition coefficient (Wildman–Crippen LogP) is 3.90. The van der Waals surface area contributed by atoms with Gasteiger partial charge in [-0.2, -0.15) is 0 Å². The molecule has 2 heterocycles. The minimum absolute atomic E-state index is 0.00712. The Labute approximate surface area is 259 Å². The van der Waals surface area contributed by atoms with Crippen molar-refractivity contribution in [2.75, 3.05) is 19.6 Å². The highest BCUT2D eigenvalue weighted by Gasteiger charge is 2.31. The molecule has 0 saturated carbocycles. The van der Waals surface area contributed by atoms with E-state index in [1.165, 1.54) is 52.0 Å². The molecule has 5 rings (SSSR count). The maximum absolute atomic E-state index is 14.3. The lowest BCUT2D eigenvalue weighted by Crippen LogP contribution is -2.47. The second kappa shape index (κ2) is 13.0. The molecule has 1 saturated heterocycles. The number of benzene rings is 3.